The fourth-order valence-corrected chi connectivity index (χ4v) is 3.32. The van der Waals surface area contributed by atoms with E-state index in [9.17, 15) is 9.00 Å². The lowest BCUT2D eigenvalue weighted by Crippen LogP contribution is -2.14. The summed E-state index contributed by atoms with van der Waals surface area (Å²) in [5.74, 6) is 0.459. The third kappa shape index (κ3) is 5.48. The van der Waals surface area contributed by atoms with Gasteiger partial charge in [-0.2, -0.15) is 0 Å². The number of aryl methyl sites for hydroxylation is 1. The monoisotopic (exact) mass is 349 g/mol. The molecule has 0 aliphatic carbocycles. The Morgan fingerprint density at radius 2 is 1.96 bits per heavy atom. The minimum absolute atomic E-state index is 0.0390. The molecule has 1 N–H and O–H groups in total. The Morgan fingerprint density at radius 1 is 1.22 bits per heavy atom. The fraction of sp³-hybridized carbons (Fsp3) is 0.278. The van der Waals surface area contributed by atoms with Crippen LogP contribution in [-0.2, 0) is 27.8 Å². The molecule has 0 heterocycles. The number of hydrogen-bond acceptors (Lipinski definition) is 2. The standard InChI is InChI=1S/C18H20ClNO2S/c1-13-15(12-23(2)22)6-4-8-17(13)20-18(21)10-9-14-5-3-7-16(19)11-14/h3-8,11H,9-10,12H2,1-2H3,(H,20,21)/t23-/m0/s1. The van der Waals surface area contributed by atoms with Gasteiger partial charge in [-0.25, -0.2) is 0 Å². The molecule has 0 bridgehead atoms. The van der Waals surface area contributed by atoms with Crippen LogP contribution in [0.25, 0.3) is 0 Å². The Kier molecular flexibility index (Phi) is 6.37. The summed E-state index contributed by atoms with van der Waals surface area (Å²) >= 11 is 5.94. The van der Waals surface area contributed by atoms with Crippen molar-refractivity contribution in [2.45, 2.75) is 25.5 Å². The predicted octanol–water partition coefficient (Wildman–Crippen LogP) is 4.10. The van der Waals surface area contributed by atoms with E-state index in [2.05, 4.69) is 5.32 Å². The number of anilines is 1. The lowest BCUT2D eigenvalue weighted by molar-refractivity contribution is -0.116. The van der Waals surface area contributed by atoms with Crippen LogP contribution >= 0.6 is 11.6 Å². The summed E-state index contributed by atoms with van der Waals surface area (Å²) in [7, 11) is -0.904. The van der Waals surface area contributed by atoms with Crippen molar-refractivity contribution in [3.63, 3.8) is 0 Å². The molecule has 23 heavy (non-hydrogen) atoms. The summed E-state index contributed by atoms with van der Waals surface area (Å²) in [4.78, 5) is 12.2. The van der Waals surface area contributed by atoms with Crippen molar-refractivity contribution >= 4 is 34.0 Å². The largest absolute Gasteiger partial charge is 0.326 e. The first-order valence-electron chi connectivity index (χ1n) is 7.38. The SMILES string of the molecule is Cc1c(C[S@](C)=O)cccc1NC(=O)CCc1cccc(Cl)c1. The molecule has 0 saturated carbocycles. The Hall–Kier alpha value is -1.65. The van der Waals surface area contributed by atoms with Gasteiger partial charge in [0.05, 0.1) is 0 Å². The second kappa shape index (κ2) is 8.27. The van der Waals surface area contributed by atoms with E-state index in [4.69, 9.17) is 11.6 Å². The maximum absolute atomic E-state index is 12.2. The number of nitrogens with one attached hydrogen (secondary N) is 1. The molecule has 0 aromatic heterocycles. The summed E-state index contributed by atoms with van der Waals surface area (Å²) in [6, 6.07) is 13.2. The van der Waals surface area contributed by atoms with Crippen LogP contribution in [0, 0.1) is 6.92 Å². The van der Waals surface area contributed by atoms with Crippen molar-refractivity contribution < 1.29 is 9.00 Å². The molecule has 122 valence electrons. The van der Waals surface area contributed by atoms with Gasteiger partial charge in [-0.15, -0.1) is 0 Å². The van der Waals surface area contributed by atoms with Crippen LogP contribution in [0.5, 0.6) is 0 Å². The predicted molar refractivity (Wildman–Crippen MR) is 97.4 cm³/mol. The molecular weight excluding hydrogens is 330 g/mol. The van der Waals surface area contributed by atoms with E-state index >= 15 is 0 Å². The summed E-state index contributed by atoms with van der Waals surface area (Å²) in [5, 5.41) is 3.62. The van der Waals surface area contributed by atoms with Crippen molar-refractivity contribution in [1.82, 2.24) is 0 Å². The van der Waals surface area contributed by atoms with Crippen LogP contribution in [0.1, 0.15) is 23.1 Å². The van der Waals surface area contributed by atoms with Gasteiger partial charge in [-0.3, -0.25) is 9.00 Å². The number of rotatable bonds is 6. The number of benzene rings is 2. The van der Waals surface area contributed by atoms with Gasteiger partial charge in [-0.05, 0) is 48.2 Å². The Morgan fingerprint density at radius 3 is 2.65 bits per heavy atom. The van der Waals surface area contributed by atoms with Crippen molar-refractivity contribution in [2.75, 3.05) is 11.6 Å². The Labute approximate surface area is 144 Å². The van der Waals surface area contributed by atoms with Gasteiger partial charge in [0, 0.05) is 39.9 Å². The van der Waals surface area contributed by atoms with Gasteiger partial charge >= 0.3 is 0 Å². The van der Waals surface area contributed by atoms with Gasteiger partial charge in [-0.1, -0.05) is 35.9 Å². The molecule has 3 nitrogen and oxygen atoms in total. The number of carbonyl (C=O) groups excluding carboxylic acids is 1. The van der Waals surface area contributed by atoms with Crippen molar-refractivity contribution in [3.05, 3.63) is 64.2 Å². The van der Waals surface area contributed by atoms with Crippen LogP contribution in [0.2, 0.25) is 5.02 Å². The van der Waals surface area contributed by atoms with E-state index in [0.29, 0.717) is 23.6 Å². The molecule has 0 radical (unpaired) electrons. The lowest BCUT2D eigenvalue weighted by Gasteiger charge is -2.12. The molecule has 0 fully saturated rings. The summed E-state index contributed by atoms with van der Waals surface area (Å²) in [5.41, 5.74) is 3.79. The zero-order chi connectivity index (χ0) is 16.8. The fourth-order valence-electron chi connectivity index (χ4n) is 2.36. The summed E-state index contributed by atoms with van der Waals surface area (Å²) in [6.45, 7) is 1.94. The van der Waals surface area contributed by atoms with E-state index in [-0.39, 0.29) is 5.91 Å². The molecule has 0 saturated heterocycles. The van der Waals surface area contributed by atoms with Crippen LogP contribution in [0.4, 0.5) is 5.69 Å². The van der Waals surface area contributed by atoms with Crippen molar-refractivity contribution in [2.24, 2.45) is 0 Å². The molecule has 0 aliphatic rings. The molecule has 2 aromatic rings. The van der Waals surface area contributed by atoms with E-state index < -0.39 is 10.8 Å². The van der Waals surface area contributed by atoms with Gasteiger partial charge in [0.25, 0.3) is 0 Å². The van der Waals surface area contributed by atoms with Crippen molar-refractivity contribution in [3.8, 4) is 0 Å². The van der Waals surface area contributed by atoms with Crippen LogP contribution in [-0.4, -0.2) is 16.4 Å². The van der Waals surface area contributed by atoms with Gasteiger partial charge < -0.3 is 5.32 Å². The number of hydrogen-bond donors (Lipinski definition) is 1. The average Bonchev–Trinajstić information content (AvgIpc) is 2.49. The zero-order valence-electron chi connectivity index (χ0n) is 13.3. The highest BCUT2D eigenvalue weighted by atomic mass is 35.5. The van der Waals surface area contributed by atoms with E-state index in [1.54, 1.807) is 6.26 Å². The molecule has 1 atom stereocenters. The normalized spacial score (nSPS) is 12.0. The number of carbonyl (C=O) groups is 1. The molecule has 5 heteroatoms. The molecular formula is C18H20ClNO2S. The summed E-state index contributed by atoms with van der Waals surface area (Å²) < 4.78 is 11.4. The third-order valence-corrected chi connectivity index (χ3v) is 4.56. The maximum Gasteiger partial charge on any atom is 0.224 e. The highest BCUT2D eigenvalue weighted by molar-refractivity contribution is 7.83. The van der Waals surface area contributed by atoms with Crippen LogP contribution < -0.4 is 5.32 Å². The quantitative estimate of drug-likeness (QED) is 0.853. The van der Waals surface area contributed by atoms with E-state index in [1.807, 2.05) is 49.4 Å². The molecule has 0 aliphatic heterocycles. The molecule has 1 amide bonds. The Balaban J connectivity index is 1.99. The average molecular weight is 350 g/mol. The maximum atomic E-state index is 12.2. The summed E-state index contributed by atoms with van der Waals surface area (Å²) in [6.07, 6.45) is 2.71. The highest BCUT2D eigenvalue weighted by Crippen LogP contribution is 2.20. The lowest BCUT2D eigenvalue weighted by atomic mass is 10.1. The highest BCUT2D eigenvalue weighted by Gasteiger charge is 2.09. The second-order valence-corrected chi connectivity index (χ2v) is 7.36. The van der Waals surface area contributed by atoms with Crippen molar-refractivity contribution in [1.29, 1.82) is 0 Å². The molecule has 0 spiro atoms. The Bertz CT molecular complexity index is 731. The smallest absolute Gasteiger partial charge is 0.224 e. The molecule has 2 aromatic carbocycles. The van der Waals surface area contributed by atoms with Gasteiger partial charge in [0.15, 0.2) is 0 Å². The van der Waals surface area contributed by atoms with E-state index in [1.165, 1.54) is 0 Å². The zero-order valence-corrected chi connectivity index (χ0v) is 14.8. The molecule has 0 unspecified atom stereocenters. The first kappa shape index (κ1) is 17.7. The first-order chi connectivity index (χ1) is 11.0. The third-order valence-electron chi connectivity index (χ3n) is 3.61. The first-order valence-corrected chi connectivity index (χ1v) is 9.49. The minimum atomic E-state index is -0.904. The second-order valence-electron chi connectivity index (χ2n) is 5.49. The van der Waals surface area contributed by atoms with Gasteiger partial charge in [0.1, 0.15) is 0 Å². The van der Waals surface area contributed by atoms with Crippen LogP contribution in [0.3, 0.4) is 0 Å². The number of halogens is 1. The van der Waals surface area contributed by atoms with Gasteiger partial charge in [0.2, 0.25) is 5.91 Å². The van der Waals surface area contributed by atoms with E-state index in [0.717, 1.165) is 22.4 Å². The minimum Gasteiger partial charge on any atom is -0.326 e. The topological polar surface area (TPSA) is 46.2 Å². The molecule has 2 rings (SSSR count). The number of amides is 1. The van der Waals surface area contributed by atoms with Crippen LogP contribution in [0.15, 0.2) is 42.5 Å².